The first-order valence-corrected chi connectivity index (χ1v) is 4.67. The van der Waals surface area contributed by atoms with Crippen LogP contribution in [0.25, 0.3) is 0 Å². The predicted molar refractivity (Wildman–Crippen MR) is 56.4 cm³/mol. The van der Waals surface area contributed by atoms with Crippen LogP contribution in [0.5, 0.6) is 0 Å². The van der Waals surface area contributed by atoms with Crippen LogP contribution in [0.1, 0.15) is 6.42 Å². The summed E-state index contributed by atoms with van der Waals surface area (Å²) in [6.45, 7) is 0.524. The largest absolute Gasteiger partial charge is 0.368 e. The molecule has 4 nitrogen and oxygen atoms in total. The van der Waals surface area contributed by atoms with E-state index in [0.717, 1.165) is 0 Å². The zero-order valence-electron chi connectivity index (χ0n) is 7.88. The number of hydrogen-bond donors (Lipinski definition) is 2. The number of nitrogens with one attached hydrogen (secondary N) is 2. The molecular formula is C9H12ClN3O. The highest BCUT2D eigenvalue weighted by Gasteiger charge is 2.00. The monoisotopic (exact) mass is 213 g/mol. The van der Waals surface area contributed by atoms with E-state index >= 15 is 0 Å². The molecular weight excluding hydrogens is 202 g/mol. The summed E-state index contributed by atoms with van der Waals surface area (Å²) in [4.78, 5) is 14.9. The molecule has 0 atom stereocenters. The molecule has 0 fully saturated rings. The number of aromatic nitrogens is 1. The second kappa shape index (κ2) is 5.44. The zero-order chi connectivity index (χ0) is 10.4. The van der Waals surface area contributed by atoms with Crippen molar-refractivity contribution in [2.75, 3.05) is 18.9 Å². The maximum atomic E-state index is 10.9. The number of nitrogens with zero attached hydrogens (tertiary/aromatic N) is 1. The number of rotatable bonds is 4. The van der Waals surface area contributed by atoms with Crippen LogP contribution in [0.2, 0.25) is 5.02 Å². The van der Waals surface area contributed by atoms with Crippen molar-refractivity contribution in [3.63, 3.8) is 0 Å². The Morgan fingerprint density at radius 1 is 1.64 bits per heavy atom. The summed E-state index contributed by atoms with van der Waals surface area (Å²) in [6.07, 6.45) is 2.05. The molecule has 0 radical (unpaired) electrons. The molecule has 5 heteroatoms. The molecule has 2 N–H and O–H groups in total. The molecule has 14 heavy (non-hydrogen) atoms. The molecule has 0 saturated heterocycles. The van der Waals surface area contributed by atoms with Crippen molar-refractivity contribution >= 4 is 23.3 Å². The highest BCUT2D eigenvalue weighted by atomic mass is 35.5. The van der Waals surface area contributed by atoms with E-state index in [1.54, 1.807) is 25.4 Å². The van der Waals surface area contributed by atoms with Crippen molar-refractivity contribution in [3.8, 4) is 0 Å². The normalized spacial score (nSPS) is 9.57. The smallest absolute Gasteiger partial charge is 0.221 e. The minimum atomic E-state index is -0.00967. The van der Waals surface area contributed by atoms with Crippen LogP contribution in [0, 0.1) is 0 Å². The van der Waals surface area contributed by atoms with Gasteiger partial charge in [0.25, 0.3) is 0 Å². The van der Waals surface area contributed by atoms with Gasteiger partial charge in [0.2, 0.25) is 5.91 Å². The van der Waals surface area contributed by atoms with E-state index in [-0.39, 0.29) is 5.91 Å². The van der Waals surface area contributed by atoms with E-state index < -0.39 is 0 Å². The maximum Gasteiger partial charge on any atom is 0.221 e. The lowest BCUT2D eigenvalue weighted by atomic mass is 10.4. The third kappa shape index (κ3) is 3.22. The third-order valence-corrected chi connectivity index (χ3v) is 1.99. The second-order valence-corrected chi connectivity index (χ2v) is 3.09. The average Bonchev–Trinajstić information content (AvgIpc) is 2.20. The lowest BCUT2D eigenvalue weighted by Crippen LogP contribution is -2.21. The average molecular weight is 214 g/mol. The Bertz CT molecular complexity index is 317. The predicted octanol–water partition coefficient (Wildman–Crippen LogP) is 1.28. The first-order valence-electron chi connectivity index (χ1n) is 4.29. The van der Waals surface area contributed by atoms with Crippen LogP contribution >= 0.6 is 11.6 Å². The van der Waals surface area contributed by atoms with Crippen LogP contribution in [0.15, 0.2) is 18.3 Å². The minimum absolute atomic E-state index is 0.00967. The molecule has 1 rings (SSSR count). The summed E-state index contributed by atoms with van der Waals surface area (Å²) >= 11 is 5.85. The summed E-state index contributed by atoms with van der Waals surface area (Å²) in [5, 5.41) is 6.07. The molecule has 1 aromatic heterocycles. The summed E-state index contributed by atoms with van der Waals surface area (Å²) in [5.41, 5.74) is 0. The van der Waals surface area contributed by atoms with Gasteiger partial charge in [-0.3, -0.25) is 4.79 Å². The van der Waals surface area contributed by atoms with E-state index in [9.17, 15) is 4.79 Å². The second-order valence-electron chi connectivity index (χ2n) is 2.68. The van der Waals surface area contributed by atoms with Gasteiger partial charge in [0.05, 0.1) is 5.02 Å². The number of amides is 1. The molecule has 1 amide bonds. The molecule has 0 saturated carbocycles. The van der Waals surface area contributed by atoms with E-state index in [1.807, 2.05) is 0 Å². The van der Waals surface area contributed by atoms with Gasteiger partial charge < -0.3 is 10.6 Å². The van der Waals surface area contributed by atoms with Gasteiger partial charge in [-0.1, -0.05) is 11.6 Å². The molecule has 0 aliphatic rings. The van der Waals surface area contributed by atoms with Gasteiger partial charge >= 0.3 is 0 Å². The SMILES string of the molecule is CNC(=O)CCNc1ncccc1Cl. The molecule has 0 spiro atoms. The lowest BCUT2D eigenvalue weighted by Gasteiger charge is -2.05. The fourth-order valence-electron chi connectivity index (χ4n) is 0.935. The molecule has 1 heterocycles. The quantitative estimate of drug-likeness (QED) is 0.793. The topological polar surface area (TPSA) is 54.0 Å². The molecule has 0 bridgehead atoms. The Morgan fingerprint density at radius 2 is 2.43 bits per heavy atom. The number of hydrogen-bond acceptors (Lipinski definition) is 3. The van der Waals surface area contributed by atoms with Gasteiger partial charge in [0.1, 0.15) is 5.82 Å². The van der Waals surface area contributed by atoms with Gasteiger partial charge in [0.15, 0.2) is 0 Å². The summed E-state index contributed by atoms with van der Waals surface area (Å²) < 4.78 is 0. The molecule has 0 aliphatic heterocycles. The first-order chi connectivity index (χ1) is 6.74. The Balaban J connectivity index is 2.39. The van der Waals surface area contributed by atoms with Crippen LogP contribution in [-0.4, -0.2) is 24.5 Å². The van der Waals surface area contributed by atoms with Crippen molar-refractivity contribution < 1.29 is 4.79 Å². The molecule has 0 unspecified atom stereocenters. The summed E-state index contributed by atoms with van der Waals surface area (Å²) in [7, 11) is 1.61. The standard InChI is InChI=1S/C9H12ClN3O/c1-11-8(14)4-6-13-9-7(10)3-2-5-12-9/h2-3,5H,4,6H2,1H3,(H,11,14)(H,12,13). The van der Waals surface area contributed by atoms with E-state index in [4.69, 9.17) is 11.6 Å². The van der Waals surface area contributed by atoms with Gasteiger partial charge in [-0.05, 0) is 12.1 Å². The number of carbonyl (C=O) groups is 1. The summed E-state index contributed by atoms with van der Waals surface area (Å²) in [6, 6.07) is 3.50. The Morgan fingerprint density at radius 3 is 3.07 bits per heavy atom. The fourth-order valence-corrected chi connectivity index (χ4v) is 1.12. The maximum absolute atomic E-state index is 10.9. The minimum Gasteiger partial charge on any atom is -0.368 e. The van der Waals surface area contributed by atoms with Crippen molar-refractivity contribution in [1.82, 2.24) is 10.3 Å². The number of pyridine rings is 1. The highest BCUT2D eigenvalue weighted by Crippen LogP contribution is 2.16. The van der Waals surface area contributed by atoms with E-state index in [2.05, 4.69) is 15.6 Å². The molecule has 0 aromatic carbocycles. The van der Waals surface area contributed by atoms with Gasteiger partial charge in [-0.25, -0.2) is 4.98 Å². The Kier molecular flexibility index (Phi) is 4.19. The third-order valence-electron chi connectivity index (χ3n) is 1.68. The number of carbonyl (C=O) groups excluding carboxylic acids is 1. The Labute approximate surface area is 87.7 Å². The van der Waals surface area contributed by atoms with Crippen molar-refractivity contribution in [1.29, 1.82) is 0 Å². The summed E-state index contributed by atoms with van der Waals surface area (Å²) in [5.74, 6) is 0.600. The van der Waals surface area contributed by atoms with Crippen LogP contribution < -0.4 is 10.6 Å². The molecule has 1 aromatic rings. The molecule has 0 aliphatic carbocycles. The lowest BCUT2D eigenvalue weighted by molar-refractivity contribution is -0.120. The van der Waals surface area contributed by atoms with Gasteiger partial charge in [-0.15, -0.1) is 0 Å². The number of halogens is 1. The first kappa shape index (κ1) is 10.8. The fraction of sp³-hybridized carbons (Fsp3) is 0.333. The number of anilines is 1. The van der Waals surface area contributed by atoms with Crippen LogP contribution in [-0.2, 0) is 4.79 Å². The van der Waals surface area contributed by atoms with Crippen LogP contribution in [0.4, 0.5) is 5.82 Å². The van der Waals surface area contributed by atoms with Crippen molar-refractivity contribution in [3.05, 3.63) is 23.4 Å². The van der Waals surface area contributed by atoms with Crippen LogP contribution in [0.3, 0.4) is 0 Å². The highest BCUT2D eigenvalue weighted by molar-refractivity contribution is 6.32. The van der Waals surface area contributed by atoms with E-state index in [1.165, 1.54) is 0 Å². The van der Waals surface area contributed by atoms with Gasteiger partial charge in [0, 0.05) is 26.2 Å². The van der Waals surface area contributed by atoms with Crippen molar-refractivity contribution in [2.45, 2.75) is 6.42 Å². The molecule has 76 valence electrons. The zero-order valence-corrected chi connectivity index (χ0v) is 8.64. The Hall–Kier alpha value is -1.29. The van der Waals surface area contributed by atoms with E-state index in [0.29, 0.717) is 23.8 Å². The van der Waals surface area contributed by atoms with Crippen molar-refractivity contribution in [2.24, 2.45) is 0 Å². The van der Waals surface area contributed by atoms with Gasteiger partial charge in [-0.2, -0.15) is 0 Å².